The Labute approximate surface area is 151 Å². The highest BCUT2D eigenvalue weighted by atomic mass is 32.2. The molecule has 1 aliphatic rings. The Morgan fingerprint density at radius 1 is 1.19 bits per heavy atom. The molecule has 0 amide bonds. The lowest BCUT2D eigenvalue weighted by Crippen LogP contribution is -2.31. The van der Waals surface area contributed by atoms with Gasteiger partial charge in [0.1, 0.15) is 0 Å². The molecule has 0 spiro atoms. The molecule has 7 nitrogen and oxygen atoms in total. The fourth-order valence-electron chi connectivity index (χ4n) is 2.83. The van der Waals surface area contributed by atoms with E-state index in [4.69, 9.17) is 14.6 Å². The number of aliphatic carboxylic acids is 1. The predicted molar refractivity (Wildman–Crippen MR) is 94.1 cm³/mol. The number of carboxylic acids is 1. The molecule has 2 aromatic carbocycles. The van der Waals surface area contributed by atoms with Gasteiger partial charge >= 0.3 is 5.97 Å². The molecule has 138 valence electrons. The fourth-order valence-corrected chi connectivity index (χ4v) is 3.93. The average molecular weight is 377 g/mol. The molecule has 0 radical (unpaired) electrons. The SMILES string of the molecule is O=C(O)COc1cccc2c1OCCC2CNS(=O)(=O)c1ccccc1. The van der Waals surface area contributed by atoms with Gasteiger partial charge in [0.05, 0.1) is 11.5 Å². The Hall–Kier alpha value is -2.58. The predicted octanol–water partition coefficient (Wildman–Crippen LogP) is 1.99. The second-order valence-corrected chi connectivity index (χ2v) is 7.62. The molecule has 0 bridgehead atoms. The zero-order valence-electron chi connectivity index (χ0n) is 13.9. The summed E-state index contributed by atoms with van der Waals surface area (Å²) in [7, 11) is -3.59. The first kappa shape index (κ1) is 18.2. The summed E-state index contributed by atoms with van der Waals surface area (Å²) in [5.41, 5.74) is 0.801. The molecule has 0 fully saturated rings. The Kier molecular flexibility index (Phi) is 5.43. The lowest BCUT2D eigenvalue weighted by atomic mass is 9.93. The number of hydrogen-bond donors (Lipinski definition) is 2. The van der Waals surface area contributed by atoms with Gasteiger partial charge in [-0.05, 0) is 24.6 Å². The molecule has 1 aliphatic heterocycles. The van der Waals surface area contributed by atoms with E-state index in [-0.39, 0.29) is 17.4 Å². The van der Waals surface area contributed by atoms with Gasteiger partial charge in [-0.1, -0.05) is 30.3 Å². The molecule has 0 saturated carbocycles. The van der Waals surface area contributed by atoms with Gasteiger partial charge in [-0.2, -0.15) is 0 Å². The lowest BCUT2D eigenvalue weighted by molar-refractivity contribution is -0.139. The molecule has 1 unspecified atom stereocenters. The zero-order valence-corrected chi connectivity index (χ0v) is 14.7. The van der Waals surface area contributed by atoms with E-state index in [9.17, 15) is 13.2 Å². The molecule has 3 rings (SSSR count). The van der Waals surface area contributed by atoms with E-state index in [1.165, 1.54) is 12.1 Å². The highest BCUT2D eigenvalue weighted by Gasteiger charge is 2.26. The van der Waals surface area contributed by atoms with Crippen molar-refractivity contribution in [3.05, 3.63) is 54.1 Å². The summed E-state index contributed by atoms with van der Waals surface area (Å²) in [4.78, 5) is 10.9. The second kappa shape index (κ2) is 7.76. The van der Waals surface area contributed by atoms with Crippen molar-refractivity contribution in [1.29, 1.82) is 0 Å². The first-order valence-electron chi connectivity index (χ1n) is 8.12. The number of fused-ring (bicyclic) bond motifs is 1. The Morgan fingerprint density at radius 3 is 2.69 bits per heavy atom. The topological polar surface area (TPSA) is 102 Å². The van der Waals surface area contributed by atoms with Gasteiger partial charge in [0.25, 0.3) is 0 Å². The van der Waals surface area contributed by atoms with Crippen LogP contribution in [0, 0.1) is 0 Å². The van der Waals surface area contributed by atoms with Gasteiger partial charge in [-0.3, -0.25) is 0 Å². The summed E-state index contributed by atoms with van der Waals surface area (Å²) in [5.74, 6) is -0.347. The standard InChI is InChI=1S/C18H19NO6S/c20-17(21)12-25-16-8-4-7-15-13(9-10-24-18(15)16)11-19-26(22,23)14-5-2-1-3-6-14/h1-8,13,19H,9-12H2,(H,20,21). The monoisotopic (exact) mass is 377 g/mol. The number of ether oxygens (including phenoxy) is 2. The second-order valence-electron chi connectivity index (χ2n) is 5.86. The summed E-state index contributed by atoms with van der Waals surface area (Å²) < 4.78 is 38.3. The minimum Gasteiger partial charge on any atom is -0.489 e. The molecule has 26 heavy (non-hydrogen) atoms. The van der Waals surface area contributed by atoms with E-state index in [1.54, 1.807) is 30.3 Å². The van der Waals surface area contributed by atoms with Gasteiger partial charge in [0.15, 0.2) is 18.1 Å². The van der Waals surface area contributed by atoms with E-state index in [0.29, 0.717) is 24.5 Å². The van der Waals surface area contributed by atoms with Gasteiger partial charge in [-0.15, -0.1) is 0 Å². The van der Waals surface area contributed by atoms with Crippen LogP contribution in [0.15, 0.2) is 53.4 Å². The van der Waals surface area contributed by atoms with Crippen LogP contribution in [0.5, 0.6) is 11.5 Å². The Balaban J connectivity index is 1.76. The maximum Gasteiger partial charge on any atom is 0.341 e. The number of hydrogen-bond acceptors (Lipinski definition) is 5. The first-order valence-corrected chi connectivity index (χ1v) is 9.61. The van der Waals surface area contributed by atoms with Crippen LogP contribution in [0.4, 0.5) is 0 Å². The van der Waals surface area contributed by atoms with Crippen LogP contribution in [-0.4, -0.2) is 39.3 Å². The molecule has 0 aliphatic carbocycles. The van der Waals surface area contributed by atoms with Crippen molar-refractivity contribution in [3.8, 4) is 11.5 Å². The third-order valence-electron chi connectivity index (χ3n) is 4.09. The van der Waals surface area contributed by atoms with Gasteiger partial charge < -0.3 is 14.6 Å². The van der Waals surface area contributed by atoms with Crippen molar-refractivity contribution < 1.29 is 27.8 Å². The van der Waals surface area contributed by atoms with E-state index >= 15 is 0 Å². The van der Waals surface area contributed by atoms with Crippen LogP contribution in [0.25, 0.3) is 0 Å². The van der Waals surface area contributed by atoms with Crippen LogP contribution in [0.3, 0.4) is 0 Å². The quantitative estimate of drug-likeness (QED) is 0.765. The summed E-state index contributed by atoms with van der Waals surface area (Å²) in [6, 6.07) is 13.4. The summed E-state index contributed by atoms with van der Waals surface area (Å²) in [5, 5.41) is 8.77. The lowest BCUT2D eigenvalue weighted by Gasteiger charge is -2.27. The molecule has 1 atom stereocenters. The van der Waals surface area contributed by atoms with E-state index in [1.807, 2.05) is 6.07 Å². The van der Waals surface area contributed by atoms with E-state index in [0.717, 1.165) is 5.56 Å². The molecule has 2 N–H and O–H groups in total. The smallest absolute Gasteiger partial charge is 0.341 e. The van der Waals surface area contributed by atoms with Crippen molar-refractivity contribution in [2.45, 2.75) is 17.2 Å². The number of carboxylic acid groups (broad SMARTS) is 1. The van der Waals surface area contributed by atoms with E-state index < -0.39 is 22.6 Å². The van der Waals surface area contributed by atoms with Crippen molar-refractivity contribution >= 4 is 16.0 Å². The zero-order chi connectivity index (χ0) is 18.6. The number of rotatable bonds is 7. The van der Waals surface area contributed by atoms with Crippen molar-refractivity contribution in [2.24, 2.45) is 0 Å². The van der Waals surface area contributed by atoms with E-state index in [2.05, 4.69) is 4.72 Å². The molecule has 0 aromatic heterocycles. The third-order valence-corrected chi connectivity index (χ3v) is 5.53. The summed E-state index contributed by atoms with van der Waals surface area (Å²) in [6.45, 7) is 0.152. The number of carbonyl (C=O) groups is 1. The maximum atomic E-state index is 12.4. The minimum atomic E-state index is -3.59. The molecule has 1 heterocycles. The van der Waals surface area contributed by atoms with Gasteiger partial charge in [0.2, 0.25) is 10.0 Å². The number of nitrogens with one attached hydrogen (secondary N) is 1. The summed E-state index contributed by atoms with van der Waals surface area (Å²) in [6.07, 6.45) is 0.646. The first-order chi connectivity index (χ1) is 12.5. The van der Waals surface area contributed by atoms with Crippen molar-refractivity contribution in [2.75, 3.05) is 19.8 Å². The number of sulfonamides is 1. The maximum absolute atomic E-state index is 12.4. The van der Waals surface area contributed by atoms with Gasteiger partial charge in [0, 0.05) is 18.0 Å². The largest absolute Gasteiger partial charge is 0.489 e. The van der Waals surface area contributed by atoms with Crippen LogP contribution in [0.1, 0.15) is 17.9 Å². The average Bonchev–Trinajstić information content (AvgIpc) is 2.65. The minimum absolute atomic E-state index is 0.0920. The molecule has 8 heteroatoms. The van der Waals surface area contributed by atoms with Crippen LogP contribution in [0.2, 0.25) is 0 Å². The van der Waals surface area contributed by atoms with Crippen LogP contribution < -0.4 is 14.2 Å². The van der Waals surface area contributed by atoms with Crippen molar-refractivity contribution in [1.82, 2.24) is 4.72 Å². The normalized spacial score (nSPS) is 16.4. The van der Waals surface area contributed by atoms with Crippen LogP contribution in [-0.2, 0) is 14.8 Å². The Morgan fingerprint density at radius 2 is 1.96 bits per heavy atom. The van der Waals surface area contributed by atoms with Crippen molar-refractivity contribution in [3.63, 3.8) is 0 Å². The third kappa shape index (κ3) is 4.14. The molecule has 2 aromatic rings. The molecule has 0 saturated heterocycles. The molecular formula is C18H19NO6S. The number of benzene rings is 2. The Bertz CT molecular complexity index is 882. The highest BCUT2D eigenvalue weighted by Crippen LogP contribution is 2.40. The van der Waals surface area contributed by atoms with Gasteiger partial charge in [-0.25, -0.2) is 17.9 Å². The molecular weight excluding hydrogens is 358 g/mol. The summed E-state index contributed by atoms with van der Waals surface area (Å²) >= 11 is 0. The highest BCUT2D eigenvalue weighted by molar-refractivity contribution is 7.89. The van der Waals surface area contributed by atoms with Crippen LogP contribution >= 0.6 is 0 Å². The fraction of sp³-hybridized carbons (Fsp3) is 0.278. The number of para-hydroxylation sites is 1.